The average molecular weight is 261 g/mol. The van der Waals surface area contributed by atoms with E-state index in [1.165, 1.54) is 21.6 Å². The summed E-state index contributed by atoms with van der Waals surface area (Å²) < 4.78 is 1.21. The zero-order chi connectivity index (χ0) is 12.0. The van der Waals surface area contributed by atoms with Gasteiger partial charge in [0.2, 0.25) is 0 Å². The molecule has 17 heavy (non-hydrogen) atoms. The van der Waals surface area contributed by atoms with Crippen molar-refractivity contribution in [1.82, 2.24) is 9.97 Å². The first-order valence-corrected chi connectivity index (χ1v) is 6.87. The van der Waals surface area contributed by atoms with Gasteiger partial charge in [0, 0.05) is 0 Å². The van der Waals surface area contributed by atoms with Crippen molar-refractivity contribution in [2.24, 2.45) is 0 Å². The van der Waals surface area contributed by atoms with Crippen LogP contribution < -0.4 is 5.73 Å². The van der Waals surface area contributed by atoms with Gasteiger partial charge in [-0.25, -0.2) is 9.97 Å². The second kappa shape index (κ2) is 3.78. The molecule has 3 rings (SSSR count). The summed E-state index contributed by atoms with van der Waals surface area (Å²) in [6, 6.07) is 6.31. The van der Waals surface area contributed by atoms with E-state index in [-0.39, 0.29) is 0 Å². The van der Waals surface area contributed by atoms with Gasteiger partial charge in [0.05, 0.1) is 20.8 Å². The van der Waals surface area contributed by atoms with Gasteiger partial charge in [-0.3, -0.25) is 0 Å². The van der Waals surface area contributed by atoms with Gasteiger partial charge in [0.1, 0.15) is 5.01 Å². The lowest BCUT2D eigenvalue weighted by atomic mass is 10.2. The molecular weight excluding hydrogens is 250 g/mol. The molecule has 2 heterocycles. The van der Waals surface area contributed by atoms with Gasteiger partial charge >= 0.3 is 0 Å². The van der Waals surface area contributed by atoms with Gasteiger partial charge < -0.3 is 5.73 Å². The van der Waals surface area contributed by atoms with E-state index in [0.29, 0.717) is 5.13 Å². The van der Waals surface area contributed by atoms with Crippen molar-refractivity contribution in [2.45, 2.75) is 13.8 Å². The van der Waals surface area contributed by atoms with Gasteiger partial charge in [-0.1, -0.05) is 17.4 Å². The third-order valence-electron chi connectivity index (χ3n) is 2.55. The molecule has 5 heteroatoms. The van der Waals surface area contributed by atoms with E-state index in [1.54, 1.807) is 11.3 Å². The number of benzene rings is 1. The number of hydrogen-bond donors (Lipinski definition) is 1. The Hall–Kier alpha value is -1.46. The van der Waals surface area contributed by atoms with Crippen molar-refractivity contribution in [3.05, 3.63) is 29.5 Å². The standard InChI is InChI=1S/C12H11N3S2/c1-6-3-4-8-9(5-6)16-11(15-8)10-7(2)14-12(13)17-10/h3-5H,1-2H3,(H2,13,14). The lowest BCUT2D eigenvalue weighted by Crippen LogP contribution is -1.80. The molecule has 0 aliphatic rings. The van der Waals surface area contributed by atoms with E-state index in [0.717, 1.165) is 21.1 Å². The fourth-order valence-electron chi connectivity index (χ4n) is 1.74. The number of hydrogen-bond acceptors (Lipinski definition) is 5. The van der Waals surface area contributed by atoms with E-state index in [1.807, 2.05) is 6.92 Å². The van der Waals surface area contributed by atoms with Gasteiger partial charge in [-0.15, -0.1) is 11.3 Å². The van der Waals surface area contributed by atoms with Crippen LogP contribution in [0.15, 0.2) is 18.2 Å². The van der Waals surface area contributed by atoms with Crippen LogP contribution in [0.3, 0.4) is 0 Å². The Kier molecular flexibility index (Phi) is 2.38. The molecule has 0 spiro atoms. The molecule has 1 aromatic carbocycles. The number of anilines is 1. The fraction of sp³-hybridized carbons (Fsp3) is 0.167. The highest BCUT2D eigenvalue weighted by atomic mass is 32.1. The van der Waals surface area contributed by atoms with E-state index in [9.17, 15) is 0 Å². The van der Waals surface area contributed by atoms with Gasteiger partial charge in [0.25, 0.3) is 0 Å². The molecule has 0 atom stereocenters. The Balaban J connectivity index is 2.21. The van der Waals surface area contributed by atoms with Gasteiger partial charge in [-0.05, 0) is 31.5 Å². The topological polar surface area (TPSA) is 51.8 Å². The molecule has 0 saturated heterocycles. The number of nitrogens with zero attached hydrogens (tertiary/aromatic N) is 2. The SMILES string of the molecule is Cc1ccc2nc(-c3sc(N)nc3C)sc2c1. The number of aryl methyl sites for hydroxylation is 2. The van der Waals surface area contributed by atoms with Crippen LogP contribution in [0.5, 0.6) is 0 Å². The zero-order valence-corrected chi connectivity index (χ0v) is 11.2. The second-order valence-electron chi connectivity index (χ2n) is 3.96. The van der Waals surface area contributed by atoms with Crippen LogP contribution in [0.4, 0.5) is 5.13 Å². The van der Waals surface area contributed by atoms with Crippen LogP contribution in [-0.4, -0.2) is 9.97 Å². The molecule has 0 unspecified atom stereocenters. The Morgan fingerprint density at radius 3 is 2.65 bits per heavy atom. The summed E-state index contributed by atoms with van der Waals surface area (Å²) >= 11 is 3.20. The van der Waals surface area contributed by atoms with Crippen LogP contribution in [0.25, 0.3) is 20.1 Å². The molecule has 3 aromatic rings. The Bertz CT molecular complexity index is 697. The Morgan fingerprint density at radius 2 is 1.94 bits per heavy atom. The van der Waals surface area contributed by atoms with Crippen molar-refractivity contribution in [3.8, 4) is 9.88 Å². The maximum absolute atomic E-state index is 5.72. The molecule has 0 amide bonds. The number of aromatic nitrogens is 2. The zero-order valence-electron chi connectivity index (χ0n) is 9.52. The molecule has 0 fully saturated rings. The van der Waals surface area contributed by atoms with Crippen LogP contribution in [0.2, 0.25) is 0 Å². The monoisotopic (exact) mass is 261 g/mol. The highest BCUT2D eigenvalue weighted by Crippen LogP contribution is 2.36. The van der Waals surface area contributed by atoms with Crippen LogP contribution in [0, 0.1) is 13.8 Å². The maximum Gasteiger partial charge on any atom is 0.180 e. The molecular formula is C12H11N3S2. The fourth-order valence-corrected chi connectivity index (χ4v) is 3.77. The summed E-state index contributed by atoms with van der Waals surface area (Å²) in [5.41, 5.74) is 8.98. The van der Waals surface area contributed by atoms with E-state index >= 15 is 0 Å². The minimum atomic E-state index is 0.605. The maximum atomic E-state index is 5.72. The van der Waals surface area contributed by atoms with Crippen molar-refractivity contribution in [3.63, 3.8) is 0 Å². The highest BCUT2D eigenvalue weighted by Gasteiger charge is 2.12. The first-order chi connectivity index (χ1) is 8.13. The molecule has 0 aliphatic carbocycles. The molecule has 0 radical (unpaired) electrons. The largest absolute Gasteiger partial charge is 0.375 e. The van der Waals surface area contributed by atoms with Crippen LogP contribution in [-0.2, 0) is 0 Å². The van der Waals surface area contributed by atoms with Crippen LogP contribution in [0.1, 0.15) is 11.3 Å². The number of fused-ring (bicyclic) bond motifs is 1. The van der Waals surface area contributed by atoms with Crippen LogP contribution >= 0.6 is 22.7 Å². The summed E-state index contributed by atoms with van der Waals surface area (Å²) in [6.45, 7) is 4.06. The van der Waals surface area contributed by atoms with Gasteiger partial charge in [-0.2, -0.15) is 0 Å². The van der Waals surface area contributed by atoms with Crippen molar-refractivity contribution in [2.75, 3.05) is 5.73 Å². The van der Waals surface area contributed by atoms with Crippen molar-refractivity contribution < 1.29 is 0 Å². The molecule has 2 aromatic heterocycles. The minimum absolute atomic E-state index is 0.605. The summed E-state index contributed by atoms with van der Waals surface area (Å²) in [5.74, 6) is 0. The minimum Gasteiger partial charge on any atom is -0.375 e. The van der Waals surface area contributed by atoms with Crippen molar-refractivity contribution >= 4 is 38.0 Å². The smallest absolute Gasteiger partial charge is 0.180 e. The molecule has 86 valence electrons. The Labute approximate surface area is 107 Å². The summed E-state index contributed by atoms with van der Waals surface area (Å²) in [4.78, 5) is 9.95. The highest BCUT2D eigenvalue weighted by molar-refractivity contribution is 7.26. The predicted molar refractivity (Wildman–Crippen MR) is 74.6 cm³/mol. The number of nitrogens with two attached hydrogens (primary N) is 1. The molecule has 0 aliphatic heterocycles. The number of nitrogen functional groups attached to an aromatic ring is 1. The molecule has 2 N–H and O–H groups in total. The first kappa shape index (κ1) is 10.7. The molecule has 0 saturated carbocycles. The van der Waals surface area contributed by atoms with E-state index in [2.05, 4.69) is 35.1 Å². The molecule has 3 nitrogen and oxygen atoms in total. The predicted octanol–water partition coefficient (Wildman–Crippen LogP) is 3.62. The third-order valence-corrected chi connectivity index (χ3v) is 4.71. The number of thiazole rings is 2. The summed E-state index contributed by atoms with van der Waals surface area (Å²) in [5, 5.41) is 1.62. The summed E-state index contributed by atoms with van der Waals surface area (Å²) in [7, 11) is 0. The summed E-state index contributed by atoms with van der Waals surface area (Å²) in [6.07, 6.45) is 0. The average Bonchev–Trinajstić information content (AvgIpc) is 2.80. The molecule has 0 bridgehead atoms. The second-order valence-corrected chi connectivity index (χ2v) is 6.02. The number of rotatable bonds is 1. The first-order valence-electron chi connectivity index (χ1n) is 5.24. The van der Waals surface area contributed by atoms with Gasteiger partial charge in [0.15, 0.2) is 5.13 Å². The Morgan fingerprint density at radius 1 is 1.12 bits per heavy atom. The third kappa shape index (κ3) is 1.81. The lowest BCUT2D eigenvalue weighted by molar-refractivity contribution is 1.27. The van der Waals surface area contributed by atoms with E-state index < -0.39 is 0 Å². The van der Waals surface area contributed by atoms with Crippen molar-refractivity contribution in [1.29, 1.82) is 0 Å². The quantitative estimate of drug-likeness (QED) is 0.728. The normalized spacial score (nSPS) is 11.2. The van der Waals surface area contributed by atoms with E-state index in [4.69, 9.17) is 5.73 Å². The lowest BCUT2D eigenvalue weighted by Gasteiger charge is -1.88.